The first-order chi connectivity index (χ1) is 7.32. The quantitative estimate of drug-likeness (QED) is 0.708. The van der Waals surface area contributed by atoms with Gasteiger partial charge in [-0.2, -0.15) is 0 Å². The second kappa shape index (κ2) is 4.72. The van der Waals surface area contributed by atoms with Crippen LogP contribution in [0.25, 0.3) is 0 Å². The van der Waals surface area contributed by atoms with Gasteiger partial charge in [0.15, 0.2) is 0 Å². The number of benzene rings is 1. The summed E-state index contributed by atoms with van der Waals surface area (Å²) in [5, 5.41) is 1.52. The first kappa shape index (κ1) is 13.5. The molecule has 1 rings (SSSR count). The van der Waals surface area contributed by atoms with Crippen molar-refractivity contribution >= 4 is 21.3 Å². The molecular formula is C14H24Si2. The van der Waals surface area contributed by atoms with Gasteiger partial charge in [-0.05, 0) is 0 Å². The maximum absolute atomic E-state index is 4.47. The van der Waals surface area contributed by atoms with Crippen molar-refractivity contribution in [2.45, 2.75) is 39.2 Å². The molecule has 0 bridgehead atoms. The minimum Gasteiger partial charge on any atom is -0.107 e. The summed E-state index contributed by atoms with van der Waals surface area (Å²) in [5.74, 6) is 0. The van der Waals surface area contributed by atoms with Gasteiger partial charge in [-0.15, -0.1) is 6.58 Å². The van der Waals surface area contributed by atoms with Gasteiger partial charge in [0.2, 0.25) is 0 Å². The molecule has 0 spiro atoms. The summed E-state index contributed by atoms with van der Waals surface area (Å²) in [5.41, 5.74) is 0. The molecule has 0 radical (unpaired) electrons. The Morgan fingerprint density at radius 2 is 1.56 bits per heavy atom. The van der Waals surface area contributed by atoms with E-state index in [2.05, 4.69) is 70.0 Å². The molecule has 0 atom stereocenters. The fraction of sp³-hybridized carbons (Fsp3) is 0.429. The molecule has 0 nitrogen and oxygen atoms in total. The van der Waals surface area contributed by atoms with Crippen LogP contribution in [0.15, 0.2) is 41.7 Å². The van der Waals surface area contributed by atoms with Crippen LogP contribution in [0.3, 0.4) is 0 Å². The molecule has 0 aromatic heterocycles. The lowest BCUT2D eigenvalue weighted by molar-refractivity contribution is 1.36. The van der Waals surface area contributed by atoms with Gasteiger partial charge in [-0.3, -0.25) is 0 Å². The lowest BCUT2D eigenvalue weighted by Crippen LogP contribution is -2.51. The fourth-order valence-electron chi connectivity index (χ4n) is 2.09. The second-order valence-corrected chi connectivity index (χ2v) is 15.7. The highest BCUT2D eigenvalue weighted by atomic mass is 28.4. The van der Waals surface area contributed by atoms with Gasteiger partial charge in [0.1, 0.15) is 8.07 Å². The van der Waals surface area contributed by atoms with Crippen LogP contribution < -0.4 is 5.19 Å². The van der Waals surface area contributed by atoms with Crippen LogP contribution in [0.4, 0.5) is 0 Å². The molecule has 0 amide bonds. The highest BCUT2D eigenvalue weighted by molar-refractivity contribution is 7.11. The summed E-state index contributed by atoms with van der Waals surface area (Å²) in [6.45, 7) is 16.6. The van der Waals surface area contributed by atoms with Gasteiger partial charge in [-0.1, -0.05) is 79.5 Å². The van der Waals surface area contributed by atoms with E-state index in [-0.39, 0.29) is 0 Å². The average molecular weight is 249 g/mol. The maximum atomic E-state index is 4.47. The van der Waals surface area contributed by atoms with E-state index in [9.17, 15) is 0 Å². The van der Waals surface area contributed by atoms with Gasteiger partial charge in [0.25, 0.3) is 0 Å². The third-order valence-corrected chi connectivity index (χ3v) is 14.5. The molecule has 0 saturated heterocycles. The van der Waals surface area contributed by atoms with E-state index in [0.29, 0.717) is 0 Å². The van der Waals surface area contributed by atoms with Crippen molar-refractivity contribution in [1.82, 2.24) is 0 Å². The predicted molar refractivity (Wildman–Crippen MR) is 80.7 cm³/mol. The van der Waals surface area contributed by atoms with E-state index in [1.165, 1.54) is 11.2 Å². The van der Waals surface area contributed by atoms with E-state index in [0.717, 1.165) is 0 Å². The Balaban J connectivity index is 3.08. The summed E-state index contributed by atoms with van der Waals surface area (Å²) in [4.78, 5) is 1.59. The van der Waals surface area contributed by atoms with E-state index in [1.807, 2.05) is 0 Å². The number of rotatable bonds is 4. The van der Waals surface area contributed by atoms with Crippen molar-refractivity contribution in [2.75, 3.05) is 0 Å². The standard InChI is InChI=1S/C14H24Si2/c1-7-15(3,4)13(2)16(5,6)14-11-9-8-10-12-14/h8-12H,2,7H2,1,3-6H3. The molecule has 1 aromatic carbocycles. The average Bonchev–Trinajstić information content (AvgIpc) is 2.29. The SMILES string of the molecule is C=C([Si](C)(C)CC)[Si](C)(C)c1ccccc1. The monoisotopic (exact) mass is 248 g/mol. The van der Waals surface area contributed by atoms with Crippen LogP contribution in [-0.2, 0) is 0 Å². The summed E-state index contributed by atoms with van der Waals surface area (Å²) in [6, 6.07) is 12.2. The van der Waals surface area contributed by atoms with Gasteiger partial charge in [-0.25, -0.2) is 0 Å². The van der Waals surface area contributed by atoms with E-state index in [4.69, 9.17) is 0 Å². The predicted octanol–water partition coefficient (Wildman–Crippen LogP) is 3.96. The molecule has 0 aliphatic heterocycles. The minimum atomic E-state index is -1.47. The van der Waals surface area contributed by atoms with Crippen LogP contribution in [-0.4, -0.2) is 16.1 Å². The van der Waals surface area contributed by atoms with Crippen molar-refractivity contribution in [3.63, 3.8) is 0 Å². The summed E-state index contributed by atoms with van der Waals surface area (Å²) >= 11 is 0. The van der Waals surface area contributed by atoms with Crippen LogP contribution in [0.1, 0.15) is 6.92 Å². The van der Waals surface area contributed by atoms with Crippen molar-refractivity contribution in [3.05, 3.63) is 41.7 Å². The Kier molecular flexibility index (Phi) is 3.97. The zero-order valence-electron chi connectivity index (χ0n) is 11.3. The van der Waals surface area contributed by atoms with Crippen LogP contribution >= 0.6 is 0 Å². The Labute approximate surface area is 102 Å². The molecule has 2 heteroatoms. The molecule has 0 heterocycles. The maximum Gasteiger partial charge on any atom is 0.103 e. The zero-order chi connectivity index (χ0) is 12.4. The smallest absolute Gasteiger partial charge is 0.103 e. The van der Waals surface area contributed by atoms with Gasteiger partial charge >= 0.3 is 0 Å². The van der Waals surface area contributed by atoms with Crippen LogP contribution in [0.2, 0.25) is 32.2 Å². The van der Waals surface area contributed by atoms with Gasteiger partial charge in [0.05, 0.1) is 8.07 Å². The number of hydrogen-bond acceptors (Lipinski definition) is 0. The zero-order valence-corrected chi connectivity index (χ0v) is 13.3. The summed E-state index contributed by atoms with van der Waals surface area (Å²) < 4.78 is 0. The lowest BCUT2D eigenvalue weighted by Gasteiger charge is -2.35. The third kappa shape index (κ3) is 2.55. The van der Waals surface area contributed by atoms with Gasteiger partial charge in [0, 0.05) is 0 Å². The molecular weight excluding hydrogens is 224 g/mol. The van der Waals surface area contributed by atoms with E-state index < -0.39 is 16.1 Å². The third-order valence-electron chi connectivity index (χ3n) is 3.95. The molecule has 88 valence electrons. The Hall–Kier alpha value is -0.606. The van der Waals surface area contributed by atoms with E-state index >= 15 is 0 Å². The van der Waals surface area contributed by atoms with Crippen molar-refractivity contribution in [3.8, 4) is 0 Å². The second-order valence-electron chi connectivity index (χ2n) is 5.71. The Morgan fingerprint density at radius 1 is 1.06 bits per heavy atom. The Bertz CT molecular complexity index is 364. The highest BCUT2D eigenvalue weighted by Crippen LogP contribution is 2.26. The minimum absolute atomic E-state index is 1.23. The van der Waals surface area contributed by atoms with Crippen molar-refractivity contribution in [2.24, 2.45) is 0 Å². The summed E-state index contributed by atoms with van der Waals surface area (Å²) in [7, 11) is -2.70. The topological polar surface area (TPSA) is 0 Å². The molecule has 0 saturated carbocycles. The van der Waals surface area contributed by atoms with Gasteiger partial charge < -0.3 is 0 Å². The van der Waals surface area contributed by atoms with Crippen LogP contribution in [0.5, 0.6) is 0 Å². The molecule has 0 aliphatic rings. The molecule has 0 fully saturated rings. The molecule has 16 heavy (non-hydrogen) atoms. The largest absolute Gasteiger partial charge is 0.107 e. The molecule has 0 unspecified atom stereocenters. The Morgan fingerprint density at radius 3 is 2.00 bits per heavy atom. The van der Waals surface area contributed by atoms with Crippen molar-refractivity contribution in [1.29, 1.82) is 0 Å². The molecule has 0 aliphatic carbocycles. The number of hydrogen-bond donors (Lipinski definition) is 0. The first-order valence-electron chi connectivity index (χ1n) is 6.07. The lowest BCUT2D eigenvalue weighted by atomic mass is 10.4. The van der Waals surface area contributed by atoms with Crippen molar-refractivity contribution < 1.29 is 0 Å². The first-order valence-corrected chi connectivity index (χ1v) is 12.3. The highest BCUT2D eigenvalue weighted by Gasteiger charge is 2.36. The fourth-order valence-corrected chi connectivity index (χ4v) is 11.6. The normalized spacial score (nSPS) is 12.6. The molecule has 0 N–H and O–H groups in total. The molecule has 1 aromatic rings. The van der Waals surface area contributed by atoms with E-state index in [1.54, 1.807) is 4.82 Å². The van der Waals surface area contributed by atoms with Crippen LogP contribution in [0, 0.1) is 0 Å². The summed E-state index contributed by atoms with van der Waals surface area (Å²) in [6.07, 6.45) is 0.